The van der Waals surface area contributed by atoms with Gasteiger partial charge in [0.05, 0.1) is 4.90 Å². The van der Waals surface area contributed by atoms with Crippen molar-refractivity contribution in [3.8, 4) is 0 Å². The summed E-state index contributed by atoms with van der Waals surface area (Å²) in [4.78, 5) is 0.156. The third kappa shape index (κ3) is 2.08. The molecule has 0 aliphatic heterocycles. The number of nitrogens with one attached hydrogen (secondary N) is 1. The second-order valence-electron chi connectivity index (χ2n) is 2.85. The Balaban J connectivity index is 3.45. The Hall–Kier alpha value is -0.590. The monoisotopic (exact) mass is 278 g/mol. The SMILES string of the molecule is CNS(=O)(=O)c1cc(N)c(C)cc1Br. The summed E-state index contributed by atoms with van der Waals surface area (Å²) >= 11 is 3.18. The molecule has 78 valence electrons. The zero-order chi connectivity index (χ0) is 10.9. The quantitative estimate of drug-likeness (QED) is 0.800. The molecule has 4 nitrogen and oxygen atoms in total. The van der Waals surface area contributed by atoms with Gasteiger partial charge in [0.25, 0.3) is 0 Å². The molecule has 3 N–H and O–H groups in total. The topological polar surface area (TPSA) is 72.2 Å². The molecule has 0 atom stereocenters. The minimum atomic E-state index is -3.44. The summed E-state index contributed by atoms with van der Waals surface area (Å²) in [5, 5.41) is 0. The molecule has 0 spiro atoms. The number of nitrogen functional groups attached to an aromatic ring is 1. The summed E-state index contributed by atoms with van der Waals surface area (Å²) < 4.78 is 25.7. The van der Waals surface area contributed by atoms with Gasteiger partial charge in [-0.2, -0.15) is 0 Å². The lowest BCUT2D eigenvalue weighted by atomic mass is 10.2. The molecule has 0 bridgehead atoms. The van der Waals surface area contributed by atoms with Crippen molar-refractivity contribution in [3.05, 3.63) is 22.2 Å². The Morgan fingerprint density at radius 3 is 2.50 bits per heavy atom. The molecule has 14 heavy (non-hydrogen) atoms. The van der Waals surface area contributed by atoms with E-state index in [9.17, 15) is 8.42 Å². The molecule has 6 heteroatoms. The van der Waals surface area contributed by atoms with E-state index in [1.165, 1.54) is 13.1 Å². The van der Waals surface area contributed by atoms with Crippen LogP contribution in [0.5, 0.6) is 0 Å². The normalized spacial score (nSPS) is 11.6. The highest BCUT2D eigenvalue weighted by atomic mass is 79.9. The average molecular weight is 279 g/mol. The molecule has 0 unspecified atom stereocenters. The van der Waals surface area contributed by atoms with E-state index in [1.54, 1.807) is 6.07 Å². The number of rotatable bonds is 2. The van der Waals surface area contributed by atoms with Gasteiger partial charge >= 0.3 is 0 Å². The average Bonchev–Trinajstić information content (AvgIpc) is 2.11. The van der Waals surface area contributed by atoms with E-state index in [2.05, 4.69) is 20.7 Å². The fraction of sp³-hybridized carbons (Fsp3) is 0.250. The summed E-state index contributed by atoms with van der Waals surface area (Å²) in [6, 6.07) is 3.12. The highest BCUT2D eigenvalue weighted by molar-refractivity contribution is 9.10. The van der Waals surface area contributed by atoms with Crippen molar-refractivity contribution in [1.82, 2.24) is 4.72 Å². The summed E-state index contributed by atoms with van der Waals surface area (Å²) in [7, 11) is -2.09. The zero-order valence-corrected chi connectivity index (χ0v) is 10.2. The molecule has 1 aromatic rings. The maximum Gasteiger partial charge on any atom is 0.241 e. The minimum absolute atomic E-state index is 0.156. The lowest BCUT2D eigenvalue weighted by Crippen LogP contribution is -2.19. The lowest BCUT2D eigenvalue weighted by molar-refractivity contribution is 0.588. The van der Waals surface area contributed by atoms with Crippen molar-refractivity contribution in [2.75, 3.05) is 12.8 Å². The van der Waals surface area contributed by atoms with Crippen molar-refractivity contribution in [3.63, 3.8) is 0 Å². The molecular weight excluding hydrogens is 268 g/mol. The molecule has 0 saturated heterocycles. The van der Waals surface area contributed by atoms with Gasteiger partial charge in [0.15, 0.2) is 0 Å². The van der Waals surface area contributed by atoms with Gasteiger partial charge in [0, 0.05) is 10.2 Å². The standard InChI is InChI=1S/C8H11BrN2O2S/c1-5-3-6(9)8(4-7(5)10)14(12,13)11-2/h3-4,11H,10H2,1-2H3. The molecule has 0 heterocycles. The van der Waals surface area contributed by atoms with Gasteiger partial charge in [-0.1, -0.05) is 0 Å². The lowest BCUT2D eigenvalue weighted by Gasteiger charge is -2.08. The van der Waals surface area contributed by atoms with Crippen LogP contribution in [0.4, 0.5) is 5.69 Å². The molecule has 0 aliphatic carbocycles. The van der Waals surface area contributed by atoms with Gasteiger partial charge < -0.3 is 5.73 Å². The van der Waals surface area contributed by atoms with Crippen LogP contribution in [0.1, 0.15) is 5.56 Å². The van der Waals surface area contributed by atoms with E-state index in [4.69, 9.17) is 5.73 Å². The predicted molar refractivity (Wildman–Crippen MR) is 59.5 cm³/mol. The number of halogens is 1. The Morgan fingerprint density at radius 1 is 1.43 bits per heavy atom. The van der Waals surface area contributed by atoms with Gasteiger partial charge in [-0.3, -0.25) is 0 Å². The zero-order valence-electron chi connectivity index (χ0n) is 7.83. The van der Waals surface area contributed by atoms with E-state index < -0.39 is 10.0 Å². The van der Waals surface area contributed by atoms with Crippen LogP contribution in [0.3, 0.4) is 0 Å². The van der Waals surface area contributed by atoms with Crippen molar-refractivity contribution < 1.29 is 8.42 Å². The molecular formula is C8H11BrN2O2S. The molecule has 1 rings (SSSR count). The molecule has 0 amide bonds. The largest absolute Gasteiger partial charge is 0.398 e. The van der Waals surface area contributed by atoms with Crippen molar-refractivity contribution >= 4 is 31.6 Å². The third-order valence-electron chi connectivity index (χ3n) is 1.88. The molecule has 1 aromatic carbocycles. The molecule has 0 aromatic heterocycles. The number of hydrogen-bond donors (Lipinski definition) is 2. The fourth-order valence-corrected chi connectivity index (χ4v) is 2.90. The first-order valence-corrected chi connectivity index (χ1v) is 6.15. The van der Waals surface area contributed by atoms with Crippen LogP contribution in [0.2, 0.25) is 0 Å². The van der Waals surface area contributed by atoms with E-state index in [0.717, 1.165) is 5.56 Å². The number of hydrogen-bond acceptors (Lipinski definition) is 3. The fourth-order valence-electron chi connectivity index (χ4n) is 0.984. The molecule has 0 aliphatic rings. The smallest absolute Gasteiger partial charge is 0.241 e. The first-order chi connectivity index (χ1) is 6.38. The summed E-state index contributed by atoms with van der Waals surface area (Å²) in [6.45, 7) is 1.82. The van der Waals surface area contributed by atoms with Crippen LogP contribution in [0.25, 0.3) is 0 Å². The van der Waals surface area contributed by atoms with Crippen LogP contribution in [0.15, 0.2) is 21.5 Å². The third-order valence-corrected chi connectivity index (χ3v) is 4.25. The Kier molecular flexibility index (Phi) is 3.18. The Morgan fingerprint density at radius 2 is 2.00 bits per heavy atom. The summed E-state index contributed by atoms with van der Waals surface area (Å²) in [6.07, 6.45) is 0. The Labute approximate surface area is 91.7 Å². The maximum absolute atomic E-state index is 11.5. The number of benzene rings is 1. The first kappa shape index (κ1) is 11.5. The van der Waals surface area contributed by atoms with Crippen molar-refractivity contribution in [1.29, 1.82) is 0 Å². The van der Waals surface area contributed by atoms with Crippen LogP contribution < -0.4 is 10.5 Å². The number of nitrogens with two attached hydrogens (primary N) is 1. The number of sulfonamides is 1. The van der Waals surface area contributed by atoms with Crippen molar-refractivity contribution in [2.24, 2.45) is 0 Å². The van der Waals surface area contributed by atoms with Gasteiger partial charge in [-0.25, -0.2) is 13.1 Å². The summed E-state index contributed by atoms with van der Waals surface area (Å²) in [5.41, 5.74) is 6.93. The molecule has 0 saturated carbocycles. The van der Waals surface area contributed by atoms with Crippen LogP contribution in [0, 0.1) is 6.92 Å². The number of anilines is 1. The molecule has 0 radical (unpaired) electrons. The molecule has 0 fully saturated rings. The van der Waals surface area contributed by atoms with E-state index in [0.29, 0.717) is 10.2 Å². The van der Waals surface area contributed by atoms with Crippen molar-refractivity contribution in [2.45, 2.75) is 11.8 Å². The van der Waals surface area contributed by atoms with Crippen LogP contribution in [-0.4, -0.2) is 15.5 Å². The Bertz CT molecular complexity index is 457. The van der Waals surface area contributed by atoms with E-state index in [-0.39, 0.29) is 4.90 Å². The predicted octanol–water partition coefficient (Wildman–Crippen LogP) is 1.25. The minimum Gasteiger partial charge on any atom is -0.398 e. The van der Waals surface area contributed by atoms with Crippen LogP contribution >= 0.6 is 15.9 Å². The summed E-state index contributed by atoms with van der Waals surface area (Å²) in [5.74, 6) is 0. The second kappa shape index (κ2) is 3.88. The first-order valence-electron chi connectivity index (χ1n) is 3.87. The van der Waals surface area contributed by atoms with Gasteiger partial charge in [0.2, 0.25) is 10.0 Å². The maximum atomic E-state index is 11.5. The second-order valence-corrected chi connectivity index (χ2v) is 5.56. The highest BCUT2D eigenvalue weighted by Crippen LogP contribution is 2.26. The van der Waals surface area contributed by atoms with Crippen LogP contribution in [-0.2, 0) is 10.0 Å². The van der Waals surface area contributed by atoms with E-state index in [1.807, 2.05) is 6.92 Å². The van der Waals surface area contributed by atoms with E-state index >= 15 is 0 Å². The number of aryl methyl sites for hydroxylation is 1. The van der Waals surface area contributed by atoms with Gasteiger partial charge in [-0.15, -0.1) is 0 Å². The highest BCUT2D eigenvalue weighted by Gasteiger charge is 2.16. The van der Waals surface area contributed by atoms with Gasteiger partial charge in [-0.05, 0) is 47.6 Å². The van der Waals surface area contributed by atoms with Gasteiger partial charge in [0.1, 0.15) is 0 Å².